The first-order valence-electron chi connectivity index (χ1n) is 7.14. The lowest BCUT2D eigenvalue weighted by atomic mass is 10.1. The number of aromatic amines is 1. The molecule has 1 aliphatic rings. The SMILES string of the molecule is COC(=O)C(CC1CC1)NC(=O)c1cc2ccccc2[nH]1. The number of para-hydroxylation sites is 1. The molecule has 0 bridgehead atoms. The highest BCUT2D eigenvalue weighted by molar-refractivity contribution is 5.99. The second kappa shape index (κ2) is 5.60. The van der Waals surface area contributed by atoms with Gasteiger partial charge in [0.25, 0.3) is 5.91 Å². The molecule has 5 nitrogen and oxygen atoms in total. The number of fused-ring (bicyclic) bond motifs is 1. The van der Waals surface area contributed by atoms with Crippen LogP contribution in [0.4, 0.5) is 0 Å². The molecule has 0 spiro atoms. The van der Waals surface area contributed by atoms with E-state index < -0.39 is 6.04 Å². The molecule has 110 valence electrons. The molecule has 1 amide bonds. The van der Waals surface area contributed by atoms with Gasteiger partial charge >= 0.3 is 5.97 Å². The Labute approximate surface area is 122 Å². The predicted octanol–water partition coefficient (Wildman–Crippen LogP) is 2.24. The van der Waals surface area contributed by atoms with Gasteiger partial charge in [-0.1, -0.05) is 31.0 Å². The molecule has 0 aliphatic heterocycles. The monoisotopic (exact) mass is 286 g/mol. The van der Waals surface area contributed by atoms with Gasteiger partial charge < -0.3 is 15.0 Å². The number of esters is 1. The van der Waals surface area contributed by atoms with Crippen LogP contribution >= 0.6 is 0 Å². The summed E-state index contributed by atoms with van der Waals surface area (Å²) >= 11 is 0. The van der Waals surface area contributed by atoms with Crippen LogP contribution in [0.2, 0.25) is 0 Å². The van der Waals surface area contributed by atoms with Gasteiger partial charge in [-0.15, -0.1) is 0 Å². The molecule has 2 N–H and O–H groups in total. The number of hydrogen-bond acceptors (Lipinski definition) is 3. The number of nitrogens with one attached hydrogen (secondary N) is 2. The normalized spacial score (nSPS) is 15.7. The van der Waals surface area contributed by atoms with Crippen molar-refractivity contribution in [3.05, 3.63) is 36.0 Å². The highest BCUT2D eigenvalue weighted by Gasteiger charge is 2.31. The average Bonchev–Trinajstić information content (AvgIpc) is 3.20. The summed E-state index contributed by atoms with van der Waals surface area (Å²) in [5, 5.41) is 3.74. The van der Waals surface area contributed by atoms with E-state index in [1.807, 2.05) is 24.3 Å². The quantitative estimate of drug-likeness (QED) is 0.828. The van der Waals surface area contributed by atoms with E-state index >= 15 is 0 Å². The van der Waals surface area contributed by atoms with Crippen molar-refractivity contribution in [1.82, 2.24) is 10.3 Å². The largest absolute Gasteiger partial charge is 0.467 e. The van der Waals surface area contributed by atoms with Crippen molar-refractivity contribution < 1.29 is 14.3 Å². The minimum Gasteiger partial charge on any atom is -0.467 e. The van der Waals surface area contributed by atoms with Crippen molar-refractivity contribution >= 4 is 22.8 Å². The van der Waals surface area contributed by atoms with Gasteiger partial charge in [-0.05, 0) is 24.5 Å². The summed E-state index contributed by atoms with van der Waals surface area (Å²) < 4.78 is 4.77. The smallest absolute Gasteiger partial charge is 0.328 e. The maximum Gasteiger partial charge on any atom is 0.328 e. The fraction of sp³-hybridized carbons (Fsp3) is 0.375. The molecule has 1 aromatic carbocycles. The van der Waals surface area contributed by atoms with Crippen LogP contribution in [0.5, 0.6) is 0 Å². The summed E-state index contributed by atoms with van der Waals surface area (Å²) in [7, 11) is 1.34. The van der Waals surface area contributed by atoms with E-state index in [1.54, 1.807) is 6.07 Å². The Hall–Kier alpha value is -2.30. The molecule has 1 aromatic heterocycles. The van der Waals surface area contributed by atoms with E-state index in [0.717, 1.165) is 23.7 Å². The summed E-state index contributed by atoms with van der Waals surface area (Å²) in [6, 6.07) is 8.89. The van der Waals surface area contributed by atoms with Crippen LogP contribution < -0.4 is 5.32 Å². The van der Waals surface area contributed by atoms with E-state index in [-0.39, 0.29) is 11.9 Å². The maximum atomic E-state index is 12.3. The van der Waals surface area contributed by atoms with Crippen LogP contribution in [-0.2, 0) is 9.53 Å². The van der Waals surface area contributed by atoms with Gasteiger partial charge in [0.2, 0.25) is 0 Å². The second-order valence-electron chi connectivity index (χ2n) is 5.50. The van der Waals surface area contributed by atoms with Crippen LogP contribution in [-0.4, -0.2) is 30.0 Å². The molecule has 1 heterocycles. The summed E-state index contributed by atoms with van der Waals surface area (Å²) in [6.07, 6.45) is 2.89. The summed E-state index contributed by atoms with van der Waals surface area (Å²) in [5.41, 5.74) is 1.36. The van der Waals surface area contributed by atoms with E-state index in [0.29, 0.717) is 18.0 Å². The Balaban J connectivity index is 1.74. The predicted molar refractivity (Wildman–Crippen MR) is 78.9 cm³/mol. The Morgan fingerprint density at radius 2 is 2.14 bits per heavy atom. The van der Waals surface area contributed by atoms with Crippen molar-refractivity contribution in [2.75, 3.05) is 7.11 Å². The third-order valence-corrected chi connectivity index (χ3v) is 3.83. The number of ether oxygens (including phenoxy) is 1. The average molecular weight is 286 g/mol. The van der Waals surface area contributed by atoms with Gasteiger partial charge in [0.15, 0.2) is 0 Å². The zero-order valence-electron chi connectivity index (χ0n) is 11.9. The topological polar surface area (TPSA) is 71.2 Å². The van der Waals surface area contributed by atoms with Gasteiger partial charge in [-0.3, -0.25) is 4.79 Å². The molecule has 1 aliphatic carbocycles. The first kappa shape index (κ1) is 13.7. The lowest BCUT2D eigenvalue weighted by Gasteiger charge is -2.15. The van der Waals surface area contributed by atoms with Crippen LogP contribution in [0.1, 0.15) is 29.8 Å². The van der Waals surface area contributed by atoms with Gasteiger partial charge in [-0.2, -0.15) is 0 Å². The molecule has 2 aromatic rings. The molecule has 21 heavy (non-hydrogen) atoms. The number of H-pyrrole nitrogens is 1. The molecule has 0 saturated heterocycles. The molecule has 3 rings (SSSR count). The van der Waals surface area contributed by atoms with E-state index in [1.165, 1.54) is 7.11 Å². The minimum atomic E-state index is -0.568. The van der Waals surface area contributed by atoms with E-state index in [4.69, 9.17) is 4.74 Å². The zero-order valence-corrected chi connectivity index (χ0v) is 11.9. The highest BCUT2D eigenvalue weighted by atomic mass is 16.5. The fourth-order valence-electron chi connectivity index (χ4n) is 2.47. The molecular formula is C16H18N2O3. The summed E-state index contributed by atoms with van der Waals surface area (Å²) in [6.45, 7) is 0. The maximum absolute atomic E-state index is 12.3. The van der Waals surface area contributed by atoms with Gasteiger partial charge in [0, 0.05) is 10.9 Å². The number of carbonyl (C=O) groups is 2. The van der Waals surface area contributed by atoms with Crippen LogP contribution in [0.15, 0.2) is 30.3 Å². The molecule has 1 fully saturated rings. The standard InChI is InChI=1S/C16H18N2O3/c1-21-16(20)14(8-10-6-7-10)18-15(19)13-9-11-4-2-3-5-12(11)17-13/h2-5,9-10,14,17H,6-8H2,1H3,(H,18,19). The fourth-order valence-corrected chi connectivity index (χ4v) is 2.47. The first-order valence-corrected chi connectivity index (χ1v) is 7.14. The molecule has 5 heteroatoms. The second-order valence-corrected chi connectivity index (χ2v) is 5.50. The highest BCUT2D eigenvalue weighted by Crippen LogP contribution is 2.33. The number of carbonyl (C=O) groups excluding carboxylic acids is 2. The number of methoxy groups -OCH3 is 1. The number of hydrogen-bond donors (Lipinski definition) is 2. The molecule has 1 atom stereocenters. The first-order chi connectivity index (χ1) is 10.2. The lowest BCUT2D eigenvalue weighted by Crippen LogP contribution is -2.42. The van der Waals surface area contributed by atoms with Gasteiger partial charge in [0.05, 0.1) is 7.11 Å². The molecule has 1 saturated carbocycles. The van der Waals surface area contributed by atoms with Gasteiger partial charge in [0.1, 0.15) is 11.7 Å². The van der Waals surface area contributed by atoms with Crippen molar-refractivity contribution in [1.29, 1.82) is 0 Å². The third-order valence-electron chi connectivity index (χ3n) is 3.83. The Bertz CT molecular complexity index is 640. The number of aromatic nitrogens is 1. The van der Waals surface area contributed by atoms with Crippen molar-refractivity contribution in [3.63, 3.8) is 0 Å². The number of rotatable bonds is 5. The van der Waals surface area contributed by atoms with Crippen molar-refractivity contribution in [2.45, 2.75) is 25.3 Å². The Morgan fingerprint density at radius 1 is 1.38 bits per heavy atom. The van der Waals surface area contributed by atoms with Crippen LogP contribution in [0, 0.1) is 5.92 Å². The Morgan fingerprint density at radius 3 is 2.81 bits per heavy atom. The van der Waals surface area contributed by atoms with E-state index in [9.17, 15) is 9.59 Å². The van der Waals surface area contributed by atoms with E-state index in [2.05, 4.69) is 10.3 Å². The van der Waals surface area contributed by atoms with Crippen molar-refractivity contribution in [2.24, 2.45) is 5.92 Å². The summed E-state index contributed by atoms with van der Waals surface area (Å²) in [4.78, 5) is 27.1. The van der Waals surface area contributed by atoms with Crippen LogP contribution in [0.25, 0.3) is 10.9 Å². The zero-order chi connectivity index (χ0) is 14.8. The number of benzene rings is 1. The van der Waals surface area contributed by atoms with Crippen LogP contribution in [0.3, 0.4) is 0 Å². The van der Waals surface area contributed by atoms with Crippen molar-refractivity contribution in [3.8, 4) is 0 Å². The minimum absolute atomic E-state index is 0.276. The molecular weight excluding hydrogens is 268 g/mol. The Kier molecular flexibility index (Phi) is 3.64. The third kappa shape index (κ3) is 3.07. The lowest BCUT2D eigenvalue weighted by molar-refractivity contribution is -0.143. The summed E-state index contributed by atoms with van der Waals surface area (Å²) in [5.74, 6) is -0.134. The molecule has 1 unspecified atom stereocenters. The van der Waals surface area contributed by atoms with Gasteiger partial charge in [-0.25, -0.2) is 4.79 Å². The molecule has 0 radical (unpaired) electrons. The number of amides is 1.